The van der Waals surface area contributed by atoms with Gasteiger partial charge in [-0.1, -0.05) is 0 Å². The Kier molecular flexibility index (Phi) is 4.55. The summed E-state index contributed by atoms with van der Waals surface area (Å²) in [5.41, 5.74) is 1.88. The summed E-state index contributed by atoms with van der Waals surface area (Å²) in [4.78, 5) is 28.6. The fourth-order valence-corrected chi connectivity index (χ4v) is 3.18. The summed E-state index contributed by atoms with van der Waals surface area (Å²) in [5, 5.41) is 2.93. The molecular formula is C18H25N3O2. The normalized spacial score (nSPS) is 23.3. The van der Waals surface area contributed by atoms with Gasteiger partial charge in [0.2, 0.25) is 11.8 Å². The molecule has 0 radical (unpaired) electrons. The van der Waals surface area contributed by atoms with Crippen LogP contribution in [-0.2, 0) is 9.59 Å². The molecule has 2 atom stereocenters. The fourth-order valence-electron chi connectivity index (χ4n) is 3.18. The highest BCUT2D eigenvalue weighted by molar-refractivity contribution is 5.99. The molecule has 1 aromatic rings. The first kappa shape index (κ1) is 15.8. The molecule has 0 spiro atoms. The van der Waals surface area contributed by atoms with E-state index in [-0.39, 0.29) is 23.7 Å². The molecule has 0 aromatic heterocycles. The van der Waals surface area contributed by atoms with Gasteiger partial charge in [-0.25, -0.2) is 0 Å². The molecule has 0 bridgehead atoms. The highest BCUT2D eigenvalue weighted by Gasteiger charge is 2.49. The molecule has 124 valence electrons. The predicted molar refractivity (Wildman–Crippen MR) is 91.4 cm³/mol. The van der Waals surface area contributed by atoms with Crippen LogP contribution in [0.25, 0.3) is 0 Å². The second-order valence-electron chi connectivity index (χ2n) is 6.77. The van der Waals surface area contributed by atoms with Crippen LogP contribution in [0.1, 0.15) is 25.7 Å². The standard InChI is InChI=1S/C18H25N3O2/c1-20(2)14-8-6-13(7-9-14)19-17(22)15-12-16(15)18(23)21-10-4-3-5-11-21/h6-9,15-16H,3-5,10-12H2,1-2H3,(H,19,22). The molecular weight excluding hydrogens is 290 g/mol. The van der Waals surface area contributed by atoms with Gasteiger partial charge in [-0.3, -0.25) is 9.59 Å². The minimum atomic E-state index is -0.155. The Labute approximate surface area is 137 Å². The van der Waals surface area contributed by atoms with Crippen molar-refractivity contribution in [3.8, 4) is 0 Å². The summed E-state index contributed by atoms with van der Waals surface area (Å²) in [6, 6.07) is 7.74. The first-order chi connectivity index (χ1) is 11.1. The Balaban J connectivity index is 1.52. The molecule has 2 amide bonds. The average Bonchev–Trinajstić information content (AvgIpc) is 3.36. The third-order valence-corrected chi connectivity index (χ3v) is 4.76. The van der Waals surface area contributed by atoms with Gasteiger partial charge in [0.25, 0.3) is 0 Å². The summed E-state index contributed by atoms with van der Waals surface area (Å²) in [7, 11) is 3.96. The monoisotopic (exact) mass is 315 g/mol. The van der Waals surface area contributed by atoms with Crippen LogP contribution in [0.2, 0.25) is 0 Å². The number of nitrogens with one attached hydrogen (secondary N) is 1. The number of hydrogen-bond acceptors (Lipinski definition) is 3. The smallest absolute Gasteiger partial charge is 0.228 e. The van der Waals surface area contributed by atoms with E-state index < -0.39 is 0 Å². The van der Waals surface area contributed by atoms with Gasteiger partial charge in [-0.15, -0.1) is 0 Å². The summed E-state index contributed by atoms with van der Waals surface area (Å²) in [5.74, 6) is -0.113. The number of carbonyl (C=O) groups is 2. The van der Waals surface area contributed by atoms with Crippen molar-refractivity contribution in [2.75, 3.05) is 37.4 Å². The van der Waals surface area contributed by atoms with Crippen molar-refractivity contribution in [3.05, 3.63) is 24.3 Å². The van der Waals surface area contributed by atoms with E-state index in [4.69, 9.17) is 0 Å². The molecule has 23 heavy (non-hydrogen) atoms. The van der Waals surface area contributed by atoms with E-state index in [1.54, 1.807) is 0 Å². The highest BCUT2D eigenvalue weighted by atomic mass is 16.2. The maximum absolute atomic E-state index is 12.4. The van der Waals surface area contributed by atoms with Crippen LogP contribution in [-0.4, -0.2) is 43.9 Å². The lowest BCUT2D eigenvalue weighted by atomic mass is 10.1. The Morgan fingerprint density at radius 3 is 2.30 bits per heavy atom. The maximum Gasteiger partial charge on any atom is 0.228 e. The molecule has 1 saturated heterocycles. The predicted octanol–water partition coefficient (Wildman–Crippen LogP) is 2.34. The maximum atomic E-state index is 12.4. The van der Waals surface area contributed by atoms with Crippen molar-refractivity contribution in [1.29, 1.82) is 0 Å². The fraction of sp³-hybridized carbons (Fsp3) is 0.556. The molecule has 5 nitrogen and oxygen atoms in total. The van der Waals surface area contributed by atoms with E-state index in [0.717, 1.165) is 37.3 Å². The van der Waals surface area contributed by atoms with Crippen LogP contribution < -0.4 is 10.2 Å². The van der Waals surface area contributed by atoms with Crippen molar-refractivity contribution < 1.29 is 9.59 Å². The van der Waals surface area contributed by atoms with Crippen molar-refractivity contribution >= 4 is 23.2 Å². The zero-order chi connectivity index (χ0) is 16.4. The number of piperidine rings is 1. The second kappa shape index (κ2) is 6.60. The van der Waals surface area contributed by atoms with Crippen molar-refractivity contribution in [1.82, 2.24) is 4.90 Å². The molecule has 2 aliphatic rings. The van der Waals surface area contributed by atoms with E-state index in [1.165, 1.54) is 6.42 Å². The minimum Gasteiger partial charge on any atom is -0.378 e. The first-order valence-electron chi connectivity index (χ1n) is 8.43. The number of hydrogen-bond donors (Lipinski definition) is 1. The van der Waals surface area contributed by atoms with Crippen molar-refractivity contribution in [3.63, 3.8) is 0 Å². The zero-order valence-corrected chi connectivity index (χ0v) is 13.9. The van der Waals surface area contributed by atoms with Gasteiger partial charge in [0.1, 0.15) is 0 Å². The largest absolute Gasteiger partial charge is 0.378 e. The van der Waals surface area contributed by atoms with Gasteiger partial charge in [-0.2, -0.15) is 0 Å². The number of amides is 2. The number of nitrogens with zero attached hydrogens (tertiary/aromatic N) is 2. The number of rotatable bonds is 4. The van der Waals surface area contributed by atoms with Crippen LogP contribution in [0.4, 0.5) is 11.4 Å². The minimum absolute atomic E-state index is 0.0297. The van der Waals surface area contributed by atoms with E-state index in [2.05, 4.69) is 5.32 Å². The van der Waals surface area contributed by atoms with Crippen LogP contribution in [0.5, 0.6) is 0 Å². The summed E-state index contributed by atoms with van der Waals surface area (Å²) < 4.78 is 0. The van der Waals surface area contributed by atoms with Crippen LogP contribution in [0.3, 0.4) is 0 Å². The lowest BCUT2D eigenvalue weighted by molar-refractivity contribution is -0.134. The van der Waals surface area contributed by atoms with E-state index in [1.807, 2.05) is 48.2 Å². The molecule has 5 heteroatoms. The van der Waals surface area contributed by atoms with Gasteiger partial charge in [0, 0.05) is 38.6 Å². The Morgan fingerprint density at radius 1 is 1.04 bits per heavy atom. The summed E-state index contributed by atoms with van der Waals surface area (Å²) in [6.07, 6.45) is 4.08. The molecule has 1 saturated carbocycles. The Morgan fingerprint density at radius 2 is 1.70 bits per heavy atom. The molecule has 1 aliphatic heterocycles. The van der Waals surface area contributed by atoms with E-state index >= 15 is 0 Å². The highest BCUT2D eigenvalue weighted by Crippen LogP contribution is 2.41. The number of benzene rings is 1. The average molecular weight is 315 g/mol. The molecule has 1 N–H and O–H groups in total. The SMILES string of the molecule is CN(C)c1ccc(NC(=O)C2CC2C(=O)N2CCCCC2)cc1. The van der Waals surface area contributed by atoms with Crippen LogP contribution in [0.15, 0.2) is 24.3 Å². The molecule has 2 fully saturated rings. The lowest BCUT2D eigenvalue weighted by Gasteiger charge is -2.26. The number of likely N-dealkylation sites (tertiary alicyclic amines) is 1. The Hall–Kier alpha value is -2.04. The molecule has 1 aromatic carbocycles. The van der Waals surface area contributed by atoms with E-state index in [9.17, 15) is 9.59 Å². The second-order valence-corrected chi connectivity index (χ2v) is 6.77. The summed E-state index contributed by atoms with van der Waals surface area (Å²) >= 11 is 0. The van der Waals surface area contributed by atoms with Crippen LogP contribution >= 0.6 is 0 Å². The van der Waals surface area contributed by atoms with Gasteiger partial charge in [0.05, 0.1) is 11.8 Å². The van der Waals surface area contributed by atoms with Gasteiger partial charge < -0.3 is 15.1 Å². The number of anilines is 2. The van der Waals surface area contributed by atoms with Gasteiger partial charge in [-0.05, 0) is 49.9 Å². The molecule has 3 rings (SSSR count). The van der Waals surface area contributed by atoms with E-state index in [0.29, 0.717) is 6.42 Å². The molecule has 1 heterocycles. The quantitative estimate of drug-likeness (QED) is 0.928. The van der Waals surface area contributed by atoms with Crippen molar-refractivity contribution in [2.45, 2.75) is 25.7 Å². The number of carbonyl (C=O) groups excluding carboxylic acids is 2. The van der Waals surface area contributed by atoms with Gasteiger partial charge in [0.15, 0.2) is 0 Å². The topological polar surface area (TPSA) is 52.7 Å². The van der Waals surface area contributed by atoms with Crippen molar-refractivity contribution in [2.24, 2.45) is 11.8 Å². The molecule has 1 aliphatic carbocycles. The van der Waals surface area contributed by atoms with Crippen LogP contribution in [0, 0.1) is 11.8 Å². The third-order valence-electron chi connectivity index (χ3n) is 4.76. The molecule has 2 unspecified atom stereocenters. The first-order valence-corrected chi connectivity index (χ1v) is 8.43. The zero-order valence-electron chi connectivity index (χ0n) is 13.9. The van der Waals surface area contributed by atoms with Gasteiger partial charge >= 0.3 is 0 Å². The Bertz CT molecular complexity index is 576. The third kappa shape index (κ3) is 3.66. The summed E-state index contributed by atoms with van der Waals surface area (Å²) in [6.45, 7) is 1.71. The lowest BCUT2D eigenvalue weighted by Crippen LogP contribution is -2.37.